The Balaban J connectivity index is 1.78. The first-order valence-electron chi connectivity index (χ1n) is 7.82. The largest absolute Gasteiger partial charge is 0.435 e. The zero-order valence-electron chi connectivity index (χ0n) is 13.9. The van der Waals surface area contributed by atoms with Gasteiger partial charge in [0.2, 0.25) is 5.78 Å². The number of ketones is 1. The van der Waals surface area contributed by atoms with Crippen LogP contribution >= 0.6 is 11.6 Å². The van der Waals surface area contributed by atoms with Crippen LogP contribution in [0.3, 0.4) is 0 Å². The fourth-order valence-electron chi connectivity index (χ4n) is 2.62. The Kier molecular flexibility index (Phi) is 4.66. The number of Topliss-reactive ketones (excluding diaryl/α,β-unsaturated/α-hetero) is 1. The zero-order valence-corrected chi connectivity index (χ0v) is 14.6. The molecule has 2 heterocycles. The average molecular weight is 347 g/mol. The van der Waals surface area contributed by atoms with Crippen molar-refractivity contribution >= 4 is 23.3 Å². The van der Waals surface area contributed by atoms with Crippen molar-refractivity contribution in [2.45, 2.75) is 33.2 Å². The molecular weight excluding hydrogens is 328 g/mol. The highest BCUT2D eigenvalue weighted by Crippen LogP contribution is 2.30. The fraction of sp³-hybridized carbons (Fsp3) is 0.412. The third kappa shape index (κ3) is 3.19. The number of aromatic nitrogens is 3. The molecule has 7 heteroatoms. The fourth-order valence-corrected chi connectivity index (χ4v) is 2.88. The number of carbonyl (C=O) groups excluding carboxylic acids is 1. The normalized spacial score (nSPS) is 25.0. The lowest BCUT2D eigenvalue weighted by molar-refractivity contribution is -0.110. The first kappa shape index (κ1) is 16.6. The SMILES string of the molecule is CC1=C(C)C(C)CN=C(OC2=C(Cl)CC(n3cncn3)C=C2)C1=O. The van der Waals surface area contributed by atoms with Gasteiger partial charge in [0, 0.05) is 18.5 Å². The molecule has 2 unspecified atom stereocenters. The van der Waals surface area contributed by atoms with E-state index < -0.39 is 0 Å². The molecule has 0 saturated heterocycles. The molecule has 0 aromatic carbocycles. The van der Waals surface area contributed by atoms with E-state index >= 15 is 0 Å². The van der Waals surface area contributed by atoms with Gasteiger partial charge in [0.25, 0.3) is 5.90 Å². The van der Waals surface area contributed by atoms with Gasteiger partial charge in [-0.1, -0.05) is 30.2 Å². The topological polar surface area (TPSA) is 69.4 Å². The molecule has 0 N–H and O–H groups in total. The van der Waals surface area contributed by atoms with E-state index in [0.717, 1.165) is 5.57 Å². The molecule has 2 atom stereocenters. The van der Waals surface area contributed by atoms with Crippen molar-refractivity contribution in [3.63, 3.8) is 0 Å². The zero-order chi connectivity index (χ0) is 17.3. The molecule has 0 radical (unpaired) electrons. The molecule has 0 bridgehead atoms. The number of nitrogens with zero attached hydrogens (tertiary/aromatic N) is 4. The van der Waals surface area contributed by atoms with Crippen LogP contribution in [0.2, 0.25) is 0 Å². The summed E-state index contributed by atoms with van der Waals surface area (Å²) >= 11 is 6.36. The van der Waals surface area contributed by atoms with Crippen molar-refractivity contribution in [3.05, 3.63) is 46.7 Å². The number of rotatable bonds is 2. The summed E-state index contributed by atoms with van der Waals surface area (Å²) in [4.78, 5) is 20.8. The van der Waals surface area contributed by atoms with Gasteiger partial charge in [-0.15, -0.1) is 0 Å². The molecule has 1 aliphatic heterocycles. The highest BCUT2D eigenvalue weighted by Gasteiger charge is 2.26. The number of aliphatic imine (C=N–C) groups is 1. The molecule has 1 aromatic heterocycles. The predicted octanol–water partition coefficient (Wildman–Crippen LogP) is 3.20. The number of carbonyl (C=O) groups is 1. The number of allylic oxidation sites excluding steroid dienone is 3. The van der Waals surface area contributed by atoms with Gasteiger partial charge in [-0.25, -0.2) is 14.7 Å². The standard InChI is InChI=1S/C17H19ClN4O2/c1-10-7-20-17(16(23)12(3)11(10)2)24-15-5-4-13(6-14(15)18)22-9-19-8-21-22/h4-5,8-10,13H,6-7H2,1-3H3. The van der Waals surface area contributed by atoms with Crippen molar-refractivity contribution in [3.8, 4) is 0 Å². The number of halogens is 1. The van der Waals surface area contributed by atoms with Crippen LogP contribution in [0.15, 0.2) is 51.7 Å². The lowest BCUT2D eigenvalue weighted by Gasteiger charge is -2.19. The van der Waals surface area contributed by atoms with Gasteiger partial charge in [0.1, 0.15) is 18.4 Å². The summed E-state index contributed by atoms with van der Waals surface area (Å²) in [5, 5.41) is 4.65. The second-order valence-corrected chi connectivity index (χ2v) is 6.52. The minimum atomic E-state index is -0.180. The van der Waals surface area contributed by atoms with E-state index in [9.17, 15) is 4.79 Å². The highest BCUT2D eigenvalue weighted by molar-refractivity contribution is 6.43. The Hall–Kier alpha value is -2.21. The number of ether oxygens (including phenoxy) is 1. The average Bonchev–Trinajstić information content (AvgIpc) is 3.09. The van der Waals surface area contributed by atoms with E-state index in [-0.39, 0.29) is 23.6 Å². The van der Waals surface area contributed by atoms with Gasteiger partial charge in [-0.2, -0.15) is 5.10 Å². The first-order valence-corrected chi connectivity index (χ1v) is 8.20. The number of hydrogen-bond donors (Lipinski definition) is 0. The molecule has 2 aliphatic rings. The van der Waals surface area contributed by atoms with Crippen LogP contribution in [0.4, 0.5) is 0 Å². The summed E-state index contributed by atoms with van der Waals surface area (Å²) in [7, 11) is 0. The molecule has 0 spiro atoms. The number of hydrogen-bond acceptors (Lipinski definition) is 5. The molecule has 1 aromatic rings. The van der Waals surface area contributed by atoms with Crippen LogP contribution in [0.25, 0.3) is 0 Å². The van der Waals surface area contributed by atoms with Crippen LogP contribution in [-0.4, -0.2) is 33.0 Å². The minimum absolute atomic E-state index is 0.0111. The first-order chi connectivity index (χ1) is 11.5. The predicted molar refractivity (Wildman–Crippen MR) is 91.6 cm³/mol. The van der Waals surface area contributed by atoms with E-state index in [1.54, 1.807) is 17.1 Å². The van der Waals surface area contributed by atoms with Crippen LogP contribution < -0.4 is 0 Å². The lowest BCUT2D eigenvalue weighted by Crippen LogP contribution is -2.20. The molecule has 1 aliphatic carbocycles. The maximum atomic E-state index is 12.5. The maximum Gasteiger partial charge on any atom is 0.263 e. The monoisotopic (exact) mass is 346 g/mol. The summed E-state index contributed by atoms with van der Waals surface area (Å²) in [6.45, 7) is 6.35. The van der Waals surface area contributed by atoms with E-state index in [1.165, 1.54) is 6.33 Å². The van der Waals surface area contributed by atoms with Gasteiger partial charge in [-0.3, -0.25) is 4.79 Å². The molecular formula is C17H19ClN4O2. The Morgan fingerprint density at radius 1 is 1.38 bits per heavy atom. The molecule has 0 saturated carbocycles. The highest BCUT2D eigenvalue weighted by atomic mass is 35.5. The molecule has 6 nitrogen and oxygen atoms in total. The molecule has 0 amide bonds. The van der Waals surface area contributed by atoms with E-state index in [4.69, 9.17) is 16.3 Å². The Morgan fingerprint density at radius 2 is 2.17 bits per heavy atom. The van der Waals surface area contributed by atoms with Crippen molar-refractivity contribution in [2.75, 3.05) is 6.54 Å². The summed E-state index contributed by atoms with van der Waals surface area (Å²) in [6, 6.07) is -0.0111. The molecule has 0 fully saturated rings. The van der Waals surface area contributed by atoms with E-state index in [0.29, 0.717) is 29.3 Å². The third-order valence-corrected chi connectivity index (χ3v) is 4.82. The van der Waals surface area contributed by atoms with Crippen molar-refractivity contribution in [2.24, 2.45) is 10.9 Å². The molecule has 3 rings (SSSR count). The van der Waals surface area contributed by atoms with Gasteiger partial charge in [0.15, 0.2) is 0 Å². The summed E-state index contributed by atoms with van der Waals surface area (Å²) in [5.41, 5.74) is 1.74. The second kappa shape index (κ2) is 6.73. The van der Waals surface area contributed by atoms with Crippen molar-refractivity contribution in [1.29, 1.82) is 0 Å². The van der Waals surface area contributed by atoms with Gasteiger partial charge < -0.3 is 4.74 Å². The quantitative estimate of drug-likeness (QED) is 0.824. The molecule has 126 valence electrons. The van der Waals surface area contributed by atoms with E-state index in [2.05, 4.69) is 15.1 Å². The van der Waals surface area contributed by atoms with Crippen LogP contribution in [-0.2, 0) is 9.53 Å². The Bertz CT molecular complexity index is 775. The third-order valence-electron chi connectivity index (χ3n) is 4.48. The minimum Gasteiger partial charge on any atom is -0.435 e. The lowest BCUT2D eigenvalue weighted by atomic mass is 9.97. The Morgan fingerprint density at radius 3 is 2.83 bits per heavy atom. The van der Waals surface area contributed by atoms with Crippen molar-refractivity contribution < 1.29 is 9.53 Å². The van der Waals surface area contributed by atoms with Crippen molar-refractivity contribution in [1.82, 2.24) is 14.8 Å². The summed E-state index contributed by atoms with van der Waals surface area (Å²) < 4.78 is 7.48. The van der Waals surface area contributed by atoms with Gasteiger partial charge in [-0.05, 0) is 25.8 Å². The molecule has 24 heavy (non-hydrogen) atoms. The van der Waals surface area contributed by atoms with Gasteiger partial charge >= 0.3 is 0 Å². The van der Waals surface area contributed by atoms with Crippen LogP contribution in [0, 0.1) is 5.92 Å². The summed E-state index contributed by atoms with van der Waals surface area (Å²) in [5.74, 6) is 0.604. The summed E-state index contributed by atoms with van der Waals surface area (Å²) in [6.07, 6.45) is 7.34. The van der Waals surface area contributed by atoms with Crippen LogP contribution in [0.5, 0.6) is 0 Å². The maximum absolute atomic E-state index is 12.5. The van der Waals surface area contributed by atoms with E-state index in [1.807, 2.05) is 26.8 Å². The van der Waals surface area contributed by atoms with Crippen LogP contribution in [0.1, 0.15) is 33.2 Å². The Labute approximate surface area is 145 Å². The second-order valence-electron chi connectivity index (χ2n) is 6.06. The smallest absolute Gasteiger partial charge is 0.263 e. The van der Waals surface area contributed by atoms with Gasteiger partial charge in [0.05, 0.1) is 11.1 Å².